The Kier molecular flexibility index (Phi) is 7.58. The van der Waals surface area contributed by atoms with E-state index < -0.39 is 6.10 Å². The van der Waals surface area contributed by atoms with Gasteiger partial charge in [0.1, 0.15) is 11.5 Å². The van der Waals surface area contributed by atoms with E-state index in [-0.39, 0.29) is 0 Å². The van der Waals surface area contributed by atoms with E-state index in [9.17, 15) is 5.11 Å². The van der Waals surface area contributed by atoms with Crippen LogP contribution >= 0.6 is 0 Å². The zero-order valence-corrected chi connectivity index (χ0v) is 19.8. The van der Waals surface area contributed by atoms with E-state index in [0.29, 0.717) is 39.3 Å². The maximum Gasteiger partial charge on any atom is 0.232 e. The van der Waals surface area contributed by atoms with Crippen LogP contribution in [0.25, 0.3) is 11.3 Å². The fourth-order valence-electron chi connectivity index (χ4n) is 4.56. The van der Waals surface area contributed by atoms with Gasteiger partial charge in [-0.25, -0.2) is 0 Å². The molecular formula is C28H31N3O4. The van der Waals surface area contributed by atoms with Gasteiger partial charge in [0.2, 0.25) is 5.88 Å². The lowest BCUT2D eigenvalue weighted by molar-refractivity contribution is 0.0999. The predicted molar refractivity (Wildman–Crippen MR) is 134 cm³/mol. The summed E-state index contributed by atoms with van der Waals surface area (Å²) < 4.78 is 17.1. The Labute approximate surface area is 205 Å². The highest BCUT2D eigenvalue weighted by molar-refractivity contribution is 5.68. The Morgan fingerprint density at radius 3 is 2.37 bits per heavy atom. The normalized spacial score (nSPS) is 15.0. The van der Waals surface area contributed by atoms with Crippen LogP contribution in [0.3, 0.4) is 0 Å². The number of aliphatic hydroxyl groups is 1. The van der Waals surface area contributed by atoms with Gasteiger partial charge in [0.05, 0.1) is 37.7 Å². The number of anilines is 1. The molecule has 0 bridgehead atoms. The second kappa shape index (κ2) is 11.4. The third kappa shape index (κ3) is 6.00. The molecule has 1 saturated heterocycles. The summed E-state index contributed by atoms with van der Waals surface area (Å²) in [4.78, 5) is 4.40. The zero-order valence-electron chi connectivity index (χ0n) is 19.8. The Morgan fingerprint density at radius 1 is 0.914 bits per heavy atom. The van der Waals surface area contributed by atoms with Gasteiger partial charge in [0.15, 0.2) is 0 Å². The highest BCUT2D eigenvalue weighted by Gasteiger charge is 2.26. The fraction of sp³-hybridized carbons (Fsp3) is 0.321. The van der Waals surface area contributed by atoms with Crippen molar-refractivity contribution < 1.29 is 18.8 Å². The molecule has 182 valence electrons. The lowest BCUT2D eigenvalue weighted by atomic mass is 10.0. The lowest BCUT2D eigenvalue weighted by Crippen LogP contribution is -2.37. The molecule has 0 spiro atoms. The van der Waals surface area contributed by atoms with Gasteiger partial charge in [-0.1, -0.05) is 65.8 Å². The van der Waals surface area contributed by atoms with E-state index in [2.05, 4.69) is 15.0 Å². The van der Waals surface area contributed by atoms with Crippen LogP contribution < -0.4 is 4.90 Å². The van der Waals surface area contributed by atoms with Crippen molar-refractivity contribution in [3.05, 3.63) is 95.9 Å². The van der Waals surface area contributed by atoms with Gasteiger partial charge in [-0.05, 0) is 24.1 Å². The van der Waals surface area contributed by atoms with Crippen molar-refractivity contribution in [2.24, 2.45) is 0 Å². The quantitative estimate of drug-likeness (QED) is 0.366. The van der Waals surface area contributed by atoms with E-state index in [4.69, 9.17) is 13.7 Å². The molecular weight excluding hydrogens is 442 g/mol. The minimum atomic E-state index is -0.528. The number of aliphatic hydroxyl groups excluding tert-OH is 1. The van der Waals surface area contributed by atoms with Crippen molar-refractivity contribution in [2.45, 2.75) is 25.6 Å². The highest BCUT2D eigenvalue weighted by Crippen LogP contribution is 2.33. The summed E-state index contributed by atoms with van der Waals surface area (Å²) >= 11 is 0. The number of morpholine rings is 1. The van der Waals surface area contributed by atoms with Crippen LogP contribution in [-0.2, 0) is 24.2 Å². The summed E-state index contributed by atoms with van der Waals surface area (Å²) in [5.74, 6) is 1.62. The van der Waals surface area contributed by atoms with Crippen molar-refractivity contribution in [3.8, 4) is 11.3 Å². The Bertz CT molecular complexity index is 1160. The molecule has 1 unspecified atom stereocenters. The van der Waals surface area contributed by atoms with E-state index in [1.165, 1.54) is 0 Å². The van der Waals surface area contributed by atoms with Crippen molar-refractivity contribution in [2.75, 3.05) is 37.7 Å². The average Bonchev–Trinajstić information content (AvgIpc) is 3.56. The Balaban J connectivity index is 1.43. The van der Waals surface area contributed by atoms with Crippen LogP contribution in [0.1, 0.15) is 16.9 Å². The monoisotopic (exact) mass is 473 g/mol. The first-order valence-electron chi connectivity index (χ1n) is 12.1. The Morgan fingerprint density at radius 2 is 1.66 bits per heavy atom. The standard InChI is InChI=1S/C28H31N3O4/c32-24(18-22-8-3-1-4-9-22)19-30(20-25-12-7-15-34-25)21-26-27(23-10-5-2-6-11-23)29-35-28(26)31-13-16-33-17-14-31/h1-12,15,24,32H,13-14,16-21H2. The molecule has 0 saturated carbocycles. The van der Waals surface area contributed by atoms with Gasteiger partial charge in [-0.3, -0.25) is 4.90 Å². The third-order valence-electron chi connectivity index (χ3n) is 6.24. The molecule has 0 aliphatic carbocycles. The SMILES string of the molecule is OC(Cc1ccccc1)CN(Cc1ccco1)Cc1c(-c2ccccc2)noc1N1CCOCC1. The number of benzene rings is 2. The summed E-state index contributed by atoms with van der Waals surface area (Å²) in [6.45, 7) is 4.45. The number of hydrogen-bond acceptors (Lipinski definition) is 7. The number of hydrogen-bond donors (Lipinski definition) is 1. The molecule has 5 rings (SSSR count). The van der Waals surface area contributed by atoms with E-state index in [1.54, 1.807) is 6.26 Å². The number of rotatable bonds is 10. The highest BCUT2D eigenvalue weighted by atomic mass is 16.5. The topological polar surface area (TPSA) is 75.1 Å². The van der Waals surface area contributed by atoms with Gasteiger partial charge < -0.3 is 23.7 Å². The molecule has 35 heavy (non-hydrogen) atoms. The maximum atomic E-state index is 11.0. The molecule has 2 aromatic heterocycles. The third-order valence-corrected chi connectivity index (χ3v) is 6.24. The number of nitrogens with zero attached hydrogens (tertiary/aromatic N) is 3. The van der Waals surface area contributed by atoms with Crippen molar-refractivity contribution in [1.29, 1.82) is 0 Å². The van der Waals surface area contributed by atoms with E-state index in [0.717, 1.165) is 47.1 Å². The van der Waals surface area contributed by atoms with Crippen LogP contribution in [0.2, 0.25) is 0 Å². The molecule has 7 nitrogen and oxygen atoms in total. The van der Waals surface area contributed by atoms with Gasteiger partial charge in [-0.15, -0.1) is 0 Å². The minimum Gasteiger partial charge on any atom is -0.468 e. The van der Waals surface area contributed by atoms with Crippen molar-refractivity contribution >= 4 is 5.88 Å². The molecule has 3 heterocycles. The van der Waals surface area contributed by atoms with Gasteiger partial charge in [-0.2, -0.15) is 0 Å². The summed E-state index contributed by atoms with van der Waals surface area (Å²) in [6, 6.07) is 24.0. The van der Waals surface area contributed by atoms with Gasteiger partial charge >= 0.3 is 0 Å². The summed E-state index contributed by atoms with van der Waals surface area (Å²) in [5.41, 5.74) is 3.96. The molecule has 1 N–H and O–H groups in total. The summed E-state index contributed by atoms with van der Waals surface area (Å²) in [5, 5.41) is 15.5. The molecule has 1 aliphatic heterocycles. The first kappa shape index (κ1) is 23.4. The number of ether oxygens (including phenoxy) is 1. The predicted octanol–water partition coefficient (Wildman–Crippen LogP) is 4.38. The first-order valence-corrected chi connectivity index (χ1v) is 12.1. The fourth-order valence-corrected chi connectivity index (χ4v) is 4.56. The van der Waals surface area contributed by atoms with Crippen LogP contribution in [0, 0.1) is 0 Å². The second-order valence-corrected chi connectivity index (χ2v) is 8.87. The Hall–Kier alpha value is -3.39. The van der Waals surface area contributed by atoms with Crippen LogP contribution in [-0.4, -0.2) is 54.1 Å². The molecule has 0 amide bonds. The maximum absolute atomic E-state index is 11.0. The van der Waals surface area contributed by atoms with Crippen LogP contribution in [0.15, 0.2) is 88.0 Å². The van der Waals surface area contributed by atoms with Crippen molar-refractivity contribution in [3.63, 3.8) is 0 Å². The molecule has 1 aliphatic rings. The zero-order chi connectivity index (χ0) is 23.9. The van der Waals surface area contributed by atoms with Crippen LogP contribution in [0.4, 0.5) is 5.88 Å². The average molecular weight is 474 g/mol. The van der Waals surface area contributed by atoms with Gasteiger partial charge in [0.25, 0.3) is 0 Å². The molecule has 1 atom stereocenters. The summed E-state index contributed by atoms with van der Waals surface area (Å²) in [6.07, 6.45) is 1.74. The lowest BCUT2D eigenvalue weighted by Gasteiger charge is -2.29. The smallest absolute Gasteiger partial charge is 0.232 e. The molecule has 7 heteroatoms. The molecule has 1 fully saturated rings. The number of furan rings is 1. The van der Waals surface area contributed by atoms with E-state index in [1.807, 2.05) is 72.8 Å². The second-order valence-electron chi connectivity index (χ2n) is 8.87. The molecule has 2 aromatic carbocycles. The van der Waals surface area contributed by atoms with Gasteiger partial charge in [0, 0.05) is 31.7 Å². The van der Waals surface area contributed by atoms with E-state index >= 15 is 0 Å². The largest absolute Gasteiger partial charge is 0.468 e. The molecule has 0 radical (unpaired) electrons. The number of aromatic nitrogens is 1. The minimum absolute atomic E-state index is 0.484. The van der Waals surface area contributed by atoms with Crippen LogP contribution in [0.5, 0.6) is 0 Å². The first-order chi connectivity index (χ1) is 17.3. The summed E-state index contributed by atoms with van der Waals surface area (Å²) in [7, 11) is 0. The van der Waals surface area contributed by atoms with Crippen molar-refractivity contribution in [1.82, 2.24) is 10.1 Å². The molecule has 4 aromatic rings.